The van der Waals surface area contributed by atoms with Crippen LogP contribution in [0.3, 0.4) is 0 Å². The molecule has 0 saturated carbocycles. The summed E-state index contributed by atoms with van der Waals surface area (Å²) in [5.74, 6) is 0. The van der Waals surface area contributed by atoms with Gasteiger partial charge in [-0.05, 0) is 38.9 Å². The molecule has 1 heterocycles. The zero-order valence-electron chi connectivity index (χ0n) is 13.6. The highest BCUT2D eigenvalue weighted by molar-refractivity contribution is 9.10. The van der Waals surface area contributed by atoms with E-state index < -0.39 is 0 Å². The van der Waals surface area contributed by atoms with Gasteiger partial charge in [-0.3, -0.25) is 9.80 Å². The van der Waals surface area contributed by atoms with Crippen molar-refractivity contribution >= 4 is 15.9 Å². The van der Waals surface area contributed by atoms with Crippen molar-refractivity contribution in [2.75, 3.05) is 20.1 Å². The van der Waals surface area contributed by atoms with Crippen LogP contribution >= 0.6 is 15.9 Å². The summed E-state index contributed by atoms with van der Waals surface area (Å²) in [6.07, 6.45) is 0.987. The summed E-state index contributed by atoms with van der Waals surface area (Å²) in [5.41, 5.74) is 7.81. The predicted molar refractivity (Wildman–Crippen MR) is 93.4 cm³/mol. The third-order valence-corrected chi connectivity index (χ3v) is 5.60. The van der Waals surface area contributed by atoms with Crippen molar-refractivity contribution in [1.29, 1.82) is 0 Å². The number of halogens is 1. The van der Waals surface area contributed by atoms with Gasteiger partial charge in [-0.2, -0.15) is 0 Å². The highest BCUT2D eigenvalue weighted by atomic mass is 79.9. The van der Waals surface area contributed by atoms with E-state index in [0.717, 1.165) is 24.0 Å². The molecular weight excluding hydrogens is 326 g/mol. The Kier molecular flexibility index (Phi) is 5.83. The first-order chi connectivity index (χ1) is 9.95. The van der Waals surface area contributed by atoms with E-state index in [1.807, 2.05) is 0 Å². The summed E-state index contributed by atoms with van der Waals surface area (Å²) in [6.45, 7) is 8.92. The molecule has 4 heteroatoms. The van der Waals surface area contributed by atoms with Gasteiger partial charge < -0.3 is 5.73 Å². The van der Waals surface area contributed by atoms with Crippen molar-refractivity contribution in [3.05, 3.63) is 34.3 Å². The molecule has 0 amide bonds. The standard InChI is InChI=1S/C17H28BrN3/c1-5-16(19)17(14-8-6-7-9-15(14)18)21-10-12(2)20(4)13(3)11-21/h6-9,12-13,16-17H,5,10-11,19H2,1-4H3. The number of nitrogens with zero attached hydrogens (tertiary/aromatic N) is 2. The lowest BCUT2D eigenvalue weighted by molar-refractivity contribution is 0.0252. The molecule has 118 valence electrons. The number of nitrogens with two attached hydrogens (primary N) is 1. The van der Waals surface area contributed by atoms with Gasteiger partial charge >= 0.3 is 0 Å². The number of hydrogen-bond donors (Lipinski definition) is 1. The average Bonchev–Trinajstić information content (AvgIpc) is 2.46. The maximum absolute atomic E-state index is 6.50. The molecular formula is C17H28BrN3. The van der Waals surface area contributed by atoms with E-state index >= 15 is 0 Å². The fourth-order valence-electron chi connectivity index (χ4n) is 3.31. The van der Waals surface area contributed by atoms with E-state index in [2.05, 4.69) is 77.8 Å². The van der Waals surface area contributed by atoms with Crippen LogP contribution in [0, 0.1) is 0 Å². The van der Waals surface area contributed by atoms with Gasteiger partial charge in [0.25, 0.3) is 0 Å². The van der Waals surface area contributed by atoms with E-state index in [1.165, 1.54) is 5.56 Å². The highest BCUT2D eigenvalue weighted by Crippen LogP contribution is 2.33. The van der Waals surface area contributed by atoms with Gasteiger partial charge in [-0.25, -0.2) is 0 Å². The summed E-state index contributed by atoms with van der Waals surface area (Å²) < 4.78 is 1.16. The fourth-order valence-corrected chi connectivity index (χ4v) is 3.83. The Hall–Kier alpha value is -0.420. The van der Waals surface area contributed by atoms with Crippen LogP contribution in [0.5, 0.6) is 0 Å². The number of likely N-dealkylation sites (N-methyl/N-ethyl adjacent to an activating group) is 1. The Morgan fingerprint density at radius 1 is 1.24 bits per heavy atom. The van der Waals surface area contributed by atoms with Gasteiger partial charge in [0, 0.05) is 35.7 Å². The second-order valence-corrected chi connectivity index (χ2v) is 7.21. The molecule has 1 saturated heterocycles. The number of hydrogen-bond acceptors (Lipinski definition) is 3. The molecule has 1 fully saturated rings. The molecule has 0 spiro atoms. The largest absolute Gasteiger partial charge is 0.326 e. The van der Waals surface area contributed by atoms with E-state index in [1.54, 1.807) is 0 Å². The van der Waals surface area contributed by atoms with E-state index in [9.17, 15) is 0 Å². The molecule has 21 heavy (non-hydrogen) atoms. The summed E-state index contributed by atoms with van der Waals surface area (Å²) in [6, 6.07) is 10.1. The van der Waals surface area contributed by atoms with Crippen molar-refractivity contribution in [2.24, 2.45) is 5.73 Å². The third kappa shape index (κ3) is 3.67. The van der Waals surface area contributed by atoms with Gasteiger partial charge in [0.1, 0.15) is 0 Å². The molecule has 2 rings (SSSR count). The van der Waals surface area contributed by atoms with Crippen LogP contribution in [-0.4, -0.2) is 48.1 Å². The normalized spacial score (nSPS) is 27.5. The molecule has 0 aliphatic carbocycles. The van der Waals surface area contributed by atoms with Crippen molar-refractivity contribution in [1.82, 2.24) is 9.80 Å². The van der Waals surface area contributed by atoms with Crippen molar-refractivity contribution in [3.8, 4) is 0 Å². The Morgan fingerprint density at radius 2 is 1.81 bits per heavy atom. The van der Waals surface area contributed by atoms with Crippen LogP contribution in [0.1, 0.15) is 38.8 Å². The van der Waals surface area contributed by atoms with Gasteiger partial charge in [-0.15, -0.1) is 0 Å². The Labute approximate surface area is 137 Å². The van der Waals surface area contributed by atoms with Crippen LogP contribution in [0.2, 0.25) is 0 Å². The number of rotatable bonds is 4. The zero-order valence-corrected chi connectivity index (χ0v) is 15.2. The summed E-state index contributed by atoms with van der Waals surface area (Å²) in [7, 11) is 2.22. The van der Waals surface area contributed by atoms with Crippen molar-refractivity contribution in [2.45, 2.75) is 51.4 Å². The summed E-state index contributed by atoms with van der Waals surface area (Å²) in [5, 5.41) is 0. The highest BCUT2D eigenvalue weighted by Gasteiger charge is 2.34. The minimum Gasteiger partial charge on any atom is -0.326 e. The Morgan fingerprint density at radius 3 is 2.33 bits per heavy atom. The molecule has 3 nitrogen and oxygen atoms in total. The molecule has 0 bridgehead atoms. The number of benzene rings is 1. The second-order valence-electron chi connectivity index (χ2n) is 6.36. The smallest absolute Gasteiger partial charge is 0.0511 e. The SMILES string of the molecule is CCC(N)C(c1ccccc1Br)N1CC(C)N(C)C(C)C1. The van der Waals surface area contributed by atoms with E-state index in [-0.39, 0.29) is 12.1 Å². The lowest BCUT2D eigenvalue weighted by atomic mass is 9.94. The van der Waals surface area contributed by atoms with Gasteiger partial charge in [0.15, 0.2) is 0 Å². The topological polar surface area (TPSA) is 32.5 Å². The Balaban J connectivity index is 2.31. The fraction of sp³-hybridized carbons (Fsp3) is 0.647. The maximum atomic E-state index is 6.50. The minimum atomic E-state index is 0.159. The van der Waals surface area contributed by atoms with Gasteiger partial charge in [0.05, 0.1) is 6.04 Å². The summed E-state index contributed by atoms with van der Waals surface area (Å²) >= 11 is 3.71. The quantitative estimate of drug-likeness (QED) is 0.901. The lowest BCUT2D eigenvalue weighted by Crippen LogP contribution is -2.57. The molecule has 4 unspecified atom stereocenters. The first-order valence-corrected chi connectivity index (χ1v) is 8.71. The minimum absolute atomic E-state index is 0.159. The van der Waals surface area contributed by atoms with Crippen LogP contribution in [0.25, 0.3) is 0 Å². The maximum Gasteiger partial charge on any atom is 0.0511 e. The first-order valence-electron chi connectivity index (χ1n) is 7.91. The number of piperazine rings is 1. The average molecular weight is 354 g/mol. The molecule has 4 atom stereocenters. The summed E-state index contributed by atoms with van der Waals surface area (Å²) in [4.78, 5) is 5.04. The van der Waals surface area contributed by atoms with E-state index in [0.29, 0.717) is 12.1 Å². The van der Waals surface area contributed by atoms with Crippen LogP contribution in [-0.2, 0) is 0 Å². The van der Waals surface area contributed by atoms with E-state index in [4.69, 9.17) is 5.73 Å². The van der Waals surface area contributed by atoms with Crippen LogP contribution in [0.15, 0.2) is 28.7 Å². The molecule has 1 aromatic rings. The van der Waals surface area contributed by atoms with Crippen LogP contribution in [0.4, 0.5) is 0 Å². The zero-order chi connectivity index (χ0) is 15.6. The monoisotopic (exact) mass is 353 g/mol. The van der Waals surface area contributed by atoms with Crippen molar-refractivity contribution < 1.29 is 0 Å². The van der Waals surface area contributed by atoms with Crippen molar-refractivity contribution in [3.63, 3.8) is 0 Å². The predicted octanol–water partition coefficient (Wildman–Crippen LogP) is 3.25. The molecule has 0 radical (unpaired) electrons. The Bertz CT molecular complexity index is 453. The lowest BCUT2D eigenvalue weighted by Gasteiger charge is -2.47. The van der Waals surface area contributed by atoms with Crippen LogP contribution < -0.4 is 5.73 Å². The first kappa shape index (κ1) is 16.9. The second kappa shape index (κ2) is 7.23. The molecule has 0 aromatic heterocycles. The molecule has 1 aliphatic heterocycles. The van der Waals surface area contributed by atoms with Gasteiger partial charge in [-0.1, -0.05) is 41.1 Å². The molecule has 1 aliphatic rings. The van der Waals surface area contributed by atoms with Gasteiger partial charge in [0.2, 0.25) is 0 Å². The third-order valence-electron chi connectivity index (χ3n) is 4.88. The molecule has 2 N–H and O–H groups in total. The molecule has 1 aromatic carbocycles.